The number of fused-ring (bicyclic) bond motifs is 1. The lowest BCUT2D eigenvalue weighted by Crippen LogP contribution is -2.23. The highest BCUT2D eigenvalue weighted by Gasteiger charge is 2.04. The fraction of sp³-hybridized carbons (Fsp3) is 0.0909. The quantitative estimate of drug-likeness (QED) is 0.760. The zero-order valence-electron chi connectivity index (χ0n) is 8.18. The van der Waals surface area contributed by atoms with Gasteiger partial charge in [-0.05, 0) is 18.2 Å². The molecule has 4 nitrogen and oxygen atoms in total. The number of nitrogens with one attached hydrogen (secondary N) is 1. The van der Waals surface area contributed by atoms with Crippen LogP contribution >= 0.6 is 0 Å². The first kappa shape index (κ1) is 9.45. The maximum atomic E-state index is 11.6. The largest absolute Gasteiger partial charge is 0.349 e. The van der Waals surface area contributed by atoms with Gasteiger partial charge in [0.2, 0.25) is 0 Å². The van der Waals surface area contributed by atoms with E-state index in [1.54, 1.807) is 29.1 Å². The Kier molecular flexibility index (Phi) is 2.49. The molecule has 2 aromatic rings. The van der Waals surface area contributed by atoms with Gasteiger partial charge < -0.3 is 5.32 Å². The molecule has 0 fully saturated rings. The molecular formula is C11H11N3O. The van der Waals surface area contributed by atoms with Gasteiger partial charge in [-0.25, -0.2) is 4.52 Å². The molecule has 2 heterocycles. The van der Waals surface area contributed by atoms with Gasteiger partial charge >= 0.3 is 0 Å². The average molecular weight is 201 g/mol. The first-order chi connectivity index (χ1) is 7.31. The third-order valence-electron chi connectivity index (χ3n) is 2.07. The standard InChI is InChI=1S/C11H11N3O/c1-2-6-12-11(15)9-3-4-10-5-7-13-14(10)8-9/h2-5,7-8H,1,6H2,(H,12,15). The predicted octanol–water partition coefficient (Wildman–Crippen LogP) is 1.25. The molecule has 0 radical (unpaired) electrons. The Balaban J connectivity index is 2.27. The minimum atomic E-state index is -0.118. The molecule has 1 amide bonds. The molecule has 2 aromatic heterocycles. The Morgan fingerprint density at radius 3 is 3.20 bits per heavy atom. The van der Waals surface area contributed by atoms with Crippen molar-refractivity contribution in [1.29, 1.82) is 0 Å². The first-order valence-corrected chi connectivity index (χ1v) is 4.64. The monoisotopic (exact) mass is 201 g/mol. The molecular weight excluding hydrogens is 190 g/mol. The van der Waals surface area contributed by atoms with Crippen LogP contribution in [-0.4, -0.2) is 22.1 Å². The van der Waals surface area contributed by atoms with Gasteiger partial charge in [-0.15, -0.1) is 6.58 Å². The average Bonchev–Trinajstić information content (AvgIpc) is 2.72. The van der Waals surface area contributed by atoms with Crippen molar-refractivity contribution < 1.29 is 4.79 Å². The van der Waals surface area contributed by atoms with Gasteiger partial charge in [0, 0.05) is 18.9 Å². The lowest BCUT2D eigenvalue weighted by Gasteiger charge is -2.02. The van der Waals surface area contributed by atoms with E-state index >= 15 is 0 Å². The number of carbonyl (C=O) groups is 1. The summed E-state index contributed by atoms with van der Waals surface area (Å²) in [6, 6.07) is 5.51. The Labute approximate surface area is 87.2 Å². The summed E-state index contributed by atoms with van der Waals surface area (Å²) >= 11 is 0. The van der Waals surface area contributed by atoms with E-state index in [9.17, 15) is 4.79 Å². The summed E-state index contributed by atoms with van der Waals surface area (Å²) in [5, 5.41) is 6.77. The van der Waals surface area contributed by atoms with E-state index in [0.29, 0.717) is 12.1 Å². The number of nitrogens with zero attached hydrogens (tertiary/aromatic N) is 2. The summed E-state index contributed by atoms with van der Waals surface area (Å²) in [7, 11) is 0. The van der Waals surface area contributed by atoms with Crippen LogP contribution in [0.4, 0.5) is 0 Å². The van der Waals surface area contributed by atoms with Gasteiger partial charge in [0.05, 0.1) is 11.1 Å². The van der Waals surface area contributed by atoms with Crippen LogP contribution in [0.1, 0.15) is 10.4 Å². The number of carbonyl (C=O) groups excluding carboxylic acids is 1. The number of rotatable bonds is 3. The van der Waals surface area contributed by atoms with Gasteiger partial charge in [-0.1, -0.05) is 6.08 Å². The van der Waals surface area contributed by atoms with Crippen molar-refractivity contribution >= 4 is 11.4 Å². The summed E-state index contributed by atoms with van der Waals surface area (Å²) in [5.41, 5.74) is 1.56. The molecule has 0 spiro atoms. The molecule has 0 unspecified atom stereocenters. The number of aromatic nitrogens is 2. The van der Waals surface area contributed by atoms with Crippen molar-refractivity contribution in [3.05, 3.63) is 48.8 Å². The van der Waals surface area contributed by atoms with Gasteiger partial charge in [-0.3, -0.25) is 4.79 Å². The summed E-state index contributed by atoms with van der Waals surface area (Å²) in [6.07, 6.45) is 5.04. The number of pyridine rings is 1. The van der Waals surface area contributed by atoms with Crippen molar-refractivity contribution in [2.45, 2.75) is 0 Å². The molecule has 0 saturated carbocycles. The van der Waals surface area contributed by atoms with Crippen LogP contribution < -0.4 is 5.32 Å². The molecule has 0 aliphatic carbocycles. The Morgan fingerprint density at radius 2 is 2.40 bits per heavy atom. The molecule has 0 aromatic carbocycles. The molecule has 0 aliphatic heterocycles. The van der Waals surface area contributed by atoms with Crippen LogP contribution in [0.25, 0.3) is 5.52 Å². The van der Waals surface area contributed by atoms with E-state index in [1.807, 2.05) is 12.1 Å². The van der Waals surface area contributed by atoms with E-state index in [-0.39, 0.29) is 5.91 Å². The lowest BCUT2D eigenvalue weighted by atomic mass is 10.2. The molecule has 1 N–H and O–H groups in total. The molecule has 0 bridgehead atoms. The van der Waals surface area contributed by atoms with Crippen molar-refractivity contribution in [2.24, 2.45) is 0 Å². The van der Waals surface area contributed by atoms with Crippen LogP contribution in [-0.2, 0) is 0 Å². The number of hydrogen-bond acceptors (Lipinski definition) is 2. The second-order valence-electron chi connectivity index (χ2n) is 3.12. The molecule has 4 heteroatoms. The van der Waals surface area contributed by atoms with Crippen LogP contribution in [0.5, 0.6) is 0 Å². The van der Waals surface area contributed by atoms with Crippen LogP contribution in [0, 0.1) is 0 Å². The van der Waals surface area contributed by atoms with Crippen LogP contribution in [0.15, 0.2) is 43.2 Å². The summed E-state index contributed by atoms with van der Waals surface area (Å²) in [6.45, 7) is 4.00. The van der Waals surface area contributed by atoms with Gasteiger partial charge in [0.25, 0.3) is 5.91 Å². The summed E-state index contributed by atoms with van der Waals surface area (Å²) in [5.74, 6) is -0.118. The van der Waals surface area contributed by atoms with Crippen molar-refractivity contribution in [3.63, 3.8) is 0 Å². The van der Waals surface area contributed by atoms with E-state index < -0.39 is 0 Å². The van der Waals surface area contributed by atoms with Gasteiger partial charge in [0.15, 0.2) is 0 Å². The first-order valence-electron chi connectivity index (χ1n) is 4.64. The highest BCUT2D eigenvalue weighted by Crippen LogP contribution is 2.05. The summed E-state index contributed by atoms with van der Waals surface area (Å²) < 4.78 is 1.67. The summed E-state index contributed by atoms with van der Waals surface area (Å²) in [4.78, 5) is 11.6. The van der Waals surface area contributed by atoms with Crippen molar-refractivity contribution in [1.82, 2.24) is 14.9 Å². The van der Waals surface area contributed by atoms with E-state index in [2.05, 4.69) is 17.0 Å². The third-order valence-corrected chi connectivity index (χ3v) is 2.07. The zero-order chi connectivity index (χ0) is 10.7. The third kappa shape index (κ3) is 1.88. The maximum absolute atomic E-state index is 11.6. The number of hydrogen-bond donors (Lipinski definition) is 1. The molecule has 15 heavy (non-hydrogen) atoms. The molecule has 2 rings (SSSR count). The topological polar surface area (TPSA) is 46.4 Å². The SMILES string of the molecule is C=CCNC(=O)c1ccc2ccnn2c1. The fourth-order valence-electron chi connectivity index (χ4n) is 1.32. The predicted molar refractivity (Wildman–Crippen MR) is 57.7 cm³/mol. The fourth-order valence-corrected chi connectivity index (χ4v) is 1.32. The maximum Gasteiger partial charge on any atom is 0.253 e. The van der Waals surface area contributed by atoms with E-state index in [4.69, 9.17) is 0 Å². The molecule has 0 atom stereocenters. The second kappa shape index (κ2) is 3.96. The van der Waals surface area contributed by atoms with Gasteiger partial charge in [-0.2, -0.15) is 5.10 Å². The lowest BCUT2D eigenvalue weighted by molar-refractivity contribution is 0.0957. The Morgan fingerprint density at radius 1 is 1.53 bits per heavy atom. The normalized spacial score (nSPS) is 10.1. The Hall–Kier alpha value is -2.10. The van der Waals surface area contributed by atoms with E-state index in [0.717, 1.165) is 5.52 Å². The minimum absolute atomic E-state index is 0.118. The van der Waals surface area contributed by atoms with Crippen molar-refractivity contribution in [3.8, 4) is 0 Å². The highest BCUT2D eigenvalue weighted by atomic mass is 16.1. The molecule has 0 saturated heterocycles. The van der Waals surface area contributed by atoms with Crippen LogP contribution in [0.3, 0.4) is 0 Å². The Bertz CT molecular complexity index is 501. The highest BCUT2D eigenvalue weighted by molar-refractivity contribution is 5.94. The van der Waals surface area contributed by atoms with Crippen LogP contribution in [0.2, 0.25) is 0 Å². The molecule has 0 aliphatic rings. The molecule has 76 valence electrons. The minimum Gasteiger partial charge on any atom is -0.349 e. The number of amides is 1. The second-order valence-corrected chi connectivity index (χ2v) is 3.12. The smallest absolute Gasteiger partial charge is 0.253 e. The van der Waals surface area contributed by atoms with E-state index in [1.165, 1.54) is 0 Å². The zero-order valence-corrected chi connectivity index (χ0v) is 8.18. The van der Waals surface area contributed by atoms with Gasteiger partial charge in [0.1, 0.15) is 0 Å². The van der Waals surface area contributed by atoms with Crippen molar-refractivity contribution in [2.75, 3.05) is 6.54 Å².